The largest absolute Gasteiger partial charge is 0.480 e. The summed E-state index contributed by atoms with van der Waals surface area (Å²) in [6.45, 7) is 0.515. The van der Waals surface area contributed by atoms with Crippen LogP contribution >= 0.6 is 0 Å². The first-order chi connectivity index (χ1) is 9.66. The van der Waals surface area contributed by atoms with Crippen LogP contribution in [0, 0.1) is 11.8 Å². The van der Waals surface area contributed by atoms with E-state index in [0.717, 1.165) is 19.3 Å². The highest BCUT2D eigenvalue weighted by molar-refractivity contribution is 5.92. The Balaban J connectivity index is 1.75. The summed E-state index contributed by atoms with van der Waals surface area (Å²) in [5.74, 6) is -0.516. The van der Waals surface area contributed by atoms with Gasteiger partial charge in [-0.15, -0.1) is 0 Å². The van der Waals surface area contributed by atoms with Gasteiger partial charge in [0.15, 0.2) is 0 Å². The first-order valence-electron chi connectivity index (χ1n) is 6.72. The SMILES string of the molecule is O=C(O)C1C2CCCC2CN1C(=O)Nc1cncnc1. The number of nitrogens with one attached hydrogen (secondary N) is 1. The van der Waals surface area contributed by atoms with Gasteiger partial charge in [-0.3, -0.25) is 0 Å². The van der Waals surface area contributed by atoms with E-state index in [1.807, 2.05) is 0 Å². The Bertz CT molecular complexity index is 522. The topological polar surface area (TPSA) is 95.4 Å². The molecule has 20 heavy (non-hydrogen) atoms. The molecule has 2 amide bonds. The molecule has 0 bridgehead atoms. The molecule has 2 N–H and O–H groups in total. The van der Waals surface area contributed by atoms with Gasteiger partial charge >= 0.3 is 12.0 Å². The Morgan fingerprint density at radius 3 is 2.75 bits per heavy atom. The van der Waals surface area contributed by atoms with Gasteiger partial charge in [0, 0.05) is 6.54 Å². The third-order valence-corrected chi connectivity index (χ3v) is 4.22. The van der Waals surface area contributed by atoms with Gasteiger partial charge in [-0.25, -0.2) is 19.6 Å². The molecular formula is C13H16N4O3. The van der Waals surface area contributed by atoms with Gasteiger partial charge in [-0.2, -0.15) is 0 Å². The molecular weight excluding hydrogens is 260 g/mol. The zero-order chi connectivity index (χ0) is 14.1. The Morgan fingerprint density at radius 2 is 2.05 bits per heavy atom. The molecule has 2 heterocycles. The van der Waals surface area contributed by atoms with Crippen molar-refractivity contribution in [3.63, 3.8) is 0 Å². The van der Waals surface area contributed by atoms with Crippen molar-refractivity contribution in [1.29, 1.82) is 0 Å². The number of nitrogens with zero attached hydrogens (tertiary/aromatic N) is 3. The minimum Gasteiger partial charge on any atom is -0.480 e. The quantitative estimate of drug-likeness (QED) is 0.846. The number of aliphatic carboxylic acids is 1. The number of fused-ring (bicyclic) bond motifs is 1. The fourth-order valence-corrected chi connectivity index (χ4v) is 3.39. The minimum absolute atomic E-state index is 0.0882. The first kappa shape index (κ1) is 12.8. The normalized spacial score (nSPS) is 28.2. The molecule has 3 rings (SSSR count). The van der Waals surface area contributed by atoms with Crippen LogP contribution in [0.3, 0.4) is 0 Å². The number of carboxylic acid groups (broad SMARTS) is 1. The third kappa shape index (κ3) is 2.19. The average molecular weight is 276 g/mol. The summed E-state index contributed by atoms with van der Waals surface area (Å²) in [5, 5.41) is 12.1. The van der Waals surface area contributed by atoms with Crippen LogP contribution in [0.1, 0.15) is 19.3 Å². The van der Waals surface area contributed by atoms with Crippen LogP contribution in [0.5, 0.6) is 0 Å². The minimum atomic E-state index is -0.918. The van der Waals surface area contributed by atoms with E-state index in [2.05, 4.69) is 15.3 Å². The lowest BCUT2D eigenvalue weighted by atomic mass is 9.94. The van der Waals surface area contributed by atoms with E-state index in [1.54, 1.807) is 0 Å². The lowest BCUT2D eigenvalue weighted by Gasteiger charge is -2.24. The smallest absolute Gasteiger partial charge is 0.326 e. The monoisotopic (exact) mass is 276 g/mol. The molecule has 2 aliphatic rings. The fraction of sp³-hybridized carbons (Fsp3) is 0.538. The van der Waals surface area contributed by atoms with Crippen LogP contribution < -0.4 is 5.32 Å². The summed E-state index contributed by atoms with van der Waals surface area (Å²) in [6, 6.07) is -1.10. The summed E-state index contributed by atoms with van der Waals surface area (Å²) in [7, 11) is 0. The van der Waals surface area contributed by atoms with Crippen molar-refractivity contribution in [2.24, 2.45) is 11.8 Å². The maximum Gasteiger partial charge on any atom is 0.326 e. The first-order valence-corrected chi connectivity index (χ1v) is 6.72. The van der Waals surface area contributed by atoms with Gasteiger partial charge < -0.3 is 15.3 Å². The number of hydrogen-bond acceptors (Lipinski definition) is 4. The highest BCUT2D eigenvalue weighted by Gasteiger charge is 2.49. The molecule has 1 saturated carbocycles. The molecule has 0 aromatic carbocycles. The predicted molar refractivity (Wildman–Crippen MR) is 70.0 cm³/mol. The van der Waals surface area contributed by atoms with Gasteiger partial charge in [-0.05, 0) is 24.7 Å². The second kappa shape index (κ2) is 5.07. The number of hydrogen-bond donors (Lipinski definition) is 2. The van der Waals surface area contributed by atoms with Gasteiger partial charge in [0.2, 0.25) is 0 Å². The van der Waals surface area contributed by atoms with Crippen LogP contribution in [0.2, 0.25) is 0 Å². The molecule has 0 radical (unpaired) electrons. The van der Waals surface area contributed by atoms with Crippen LogP contribution in [0.4, 0.5) is 10.5 Å². The number of carboxylic acids is 1. The van der Waals surface area contributed by atoms with Crippen molar-refractivity contribution in [3.8, 4) is 0 Å². The van der Waals surface area contributed by atoms with Gasteiger partial charge in [-0.1, -0.05) is 6.42 Å². The summed E-state index contributed by atoms with van der Waals surface area (Å²) in [5.41, 5.74) is 0.471. The number of anilines is 1. The number of likely N-dealkylation sites (tertiary alicyclic amines) is 1. The van der Waals surface area contributed by atoms with Crippen LogP contribution in [0.25, 0.3) is 0 Å². The van der Waals surface area contributed by atoms with Crippen molar-refractivity contribution < 1.29 is 14.7 Å². The fourth-order valence-electron chi connectivity index (χ4n) is 3.39. The van der Waals surface area contributed by atoms with E-state index in [-0.39, 0.29) is 11.9 Å². The molecule has 1 aromatic heterocycles. The molecule has 1 aliphatic carbocycles. The molecule has 106 valence electrons. The van der Waals surface area contributed by atoms with Crippen molar-refractivity contribution in [2.45, 2.75) is 25.3 Å². The van der Waals surface area contributed by atoms with Crippen LogP contribution in [0.15, 0.2) is 18.7 Å². The van der Waals surface area contributed by atoms with E-state index < -0.39 is 12.0 Å². The lowest BCUT2D eigenvalue weighted by molar-refractivity contribution is -0.142. The Hall–Kier alpha value is -2.18. The Labute approximate surface area is 116 Å². The number of urea groups is 1. The molecule has 7 nitrogen and oxygen atoms in total. The number of rotatable bonds is 2. The van der Waals surface area contributed by atoms with E-state index in [9.17, 15) is 14.7 Å². The number of amides is 2. The second-order valence-electron chi connectivity index (χ2n) is 5.35. The Kier molecular flexibility index (Phi) is 3.25. The molecule has 3 atom stereocenters. The van der Waals surface area contributed by atoms with Gasteiger partial charge in [0.25, 0.3) is 0 Å². The second-order valence-corrected chi connectivity index (χ2v) is 5.35. The molecule has 1 aliphatic heterocycles. The van der Waals surface area contributed by atoms with Crippen LogP contribution in [-0.4, -0.2) is 44.6 Å². The van der Waals surface area contributed by atoms with E-state index in [4.69, 9.17) is 0 Å². The van der Waals surface area contributed by atoms with Gasteiger partial charge in [0.1, 0.15) is 12.4 Å². The molecule has 1 saturated heterocycles. The summed E-state index contributed by atoms with van der Waals surface area (Å²) >= 11 is 0. The molecule has 3 unspecified atom stereocenters. The molecule has 0 spiro atoms. The lowest BCUT2D eigenvalue weighted by Crippen LogP contribution is -2.45. The summed E-state index contributed by atoms with van der Waals surface area (Å²) in [6.07, 6.45) is 7.29. The van der Waals surface area contributed by atoms with E-state index >= 15 is 0 Å². The number of aromatic nitrogens is 2. The van der Waals surface area contributed by atoms with Crippen molar-refractivity contribution in [1.82, 2.24) is 14.9 Å². The Morgan fingerprint density at radius 1 is 1.30 bits per heavy atom. The maximum absolute atomic E-state index is 12.3. The maximum atomic E-state index is 12.3. The molecule has 1 aromatic rings. The van der Waals surface area contributed by atoms with Crippen molar-refractivity contribution >= 4 is 17.7 Å². The average Bonchev–Trinajstić information content (AvgIpc) is 2.98. The summed E-state index contributed by atoms with van der Waals surface area (Å²) in [4.78, 5) is 32.8. The highest BCUT2D eigenvalue weighted by Crippen LogP contribution is 2.42. The third-order valence-electron chi connectivity index (χ3n) is 4.22. The van der Waals surface area contributed by atoms with Gasteiger partial charge in [0.05, 0.1) is 18.1 Å². The standard InChI is InChI=1S/C13H16N4O3/c18-12(19)11-10-3-1-2-8(10)6-17(11)13(20)16-9-4-14-7-15-5-9/h4-5,7-8,10-11H,1-3,6H2,(H,16,20)(H,18,19). The molecule has 2 fully saturated rings. The zero-order valence-corrected chi connectivity index (χ0v) is 10.9. The van der Waals surface area contributed by atoms with E-state index in [1.165, 1.54) is 23.6 Å². The van der Waals surface area contributed by atoms with Crippen molar-refractivity contribution in [2.75, 3.05) is 11.9 Å². The van der Waals surface area contributed by atoms with Crippen LogP contribution in [-0.2, 0) is 4.79 Å². The molecule has 7 heteroatoms. The highest BCUT2D eigenvalue weighted by atomic mass is 16.4. The summed E-state index contributed by atoms with van der Waals surface area (Å²) < 4.78 is 0. The van der Waals surface area contributed by atoms with E-state index in [0.29, 0.717) is 18.2 Å². The number of carbonyl (C=O) groups is 2. The number of carbonyl (C=O) groups excluding carboxylic acids is 1. The predicted octanol–water partition coefficient (Wildman–Crippen LogP) is 1.19. The van der Waals surface area contributed by atoms with Crippen molar-refractivity contribution in [3.05, 3.63) is 18.7 Å². The zero-order valence-electron chi connectivity index (χ0n) is 10.9.